The first-order chi connectivity index (χ1) is 28.5. The lowest BCUT2D eigenvalue weighted by molar-refractivity contribution is -0.137. The van der Waals surface area contributed by atoms with Crippen LogP contribution in [0.2, 0.25) is 0 Å². The van der Waals surface area contributed by atoms with Crippen molar-refractivity contribution in [3.63, 3.8) is 0 Å². The highest BCUT2D eigenvalue weighted by molar-refractivity contribution is 8.00. The number of phenolic OH excluding ortho intramolecular Hbond substituents is 1. The summed E-state index contributed by atoms with van der Waals surface area (Å²) in [5.41, 5.74) is 13.6. The Kier molecular flexibility index (Phi) is 17.2. The maximum absolute atomic E-state index is 14.3. The molecule has 2 aliphatic rings. The Morgan fingerprint density at radius 2 is 1.69 bits per heavy atom. The van der Waals surface area contributed by atoms with Crippen LogP contribution >= 0.6 is 11.8 Å². The fourth-order valence-electron chi connectivity index (χ4n) is 6.87. The van der Waals surface area contributed by atoms with E-state index < -0.39 is 11.9 Å². The van der Waals surface area contributed by atoms with Crippen LogP contribution in [-0.4, -0.2) is 107 Å². The third-order valence-corrected chi connectivity index (χ3v) is 11.5. The average molecular weight is 827 g/mol. The Labute approximate surface area is 348 Å². The number of amides is 5. The third kappa shape index (κ3) is 14.5. The average Bonchev–Trinajstić information content (AvgIpc) is 3.80. The Balaban J connectivity index is 1.16. The summed E-state index contributed by atoms with van der Waals surface area (Å²) in [5.74, 6) is -0.0825. The van der Waals surface area contributed by atoms with Gasteiger partial charge in [-0.15, -0.1) is 0 Å². The van der Waals surface area contributed by atoms with Crippen molar-refractivity contribution in [2.75, 3.05) is 38.6 Å². The maximum Gasteiger partial charge on any atom is 0.315 e. The van der Waals surface area contributed by atoms with Gasteiger partial charge in [-0.1, -0.05) is 73.2 Å². The van der Waals surface area contributed by atoms with Crippen LogP contribution in [0.1, 0.15) is 65.6 Å². The molecule has 15 nitrogen and oxygen atoms in total. The summed E-state index contributed by atoms with van der Waals surface area (Å²) in [6.07, 6.45) is 6.53. The molecule has 2 fully saturated rings. The molecule has 0 aliphatic carbocycles. The number of nitrogens with one attached hydrogen (secondary N) is 4. The van der Waals surface area contributed by atoms with Crippen molar-refractivity contribution >= 4 is 53.3 Å². The number of hydrogen-bond acceptors (Lipinski definition) is 9. The van der Waals surface area contributed by atoms with Gasteiger partial charge >= 0.3 is 6.03 Å². The van der Waals surface area contributed by atoms with Crippen molar-refractivity contribution in [1.29, 1.82) is 0 Å². The number of benzene rings is 3. The fourth-order valence-corrected chi connectivity index (χ4v) is 8.41. The quantitative estimate of drug-likeness (QED) is 0.0185. The number of carbonyl (C=O) groups is 5. The van der Waals surface area contributed by atoms with Crippen LogP contribution in [0.15, 0.2) is 89.9 Å². The van der Waals surface area contributed by atoms with Crippen molar-refractivity contribution in [2.45, 2.75) is 68.4 Å². The molecule has 5 amide bonds. The highest BCUT2D eigenvalue weighted by atomic mass is 32.2. The second-order valence-electron chi connectivity index (χ2n) is 14.4. The number of aliphatic imine (C=N–C) groups is 1. The number of carbonyl (C=O) groups excluding carboxylic acids is 5. The second-order valence-corrected chi connectivity index (χ2v) is 15.7. The van der Waals surface area contributed by atoms with Crippen molar-refractivity contribution in [3.05, 3.63) is 107 Å². The molecule has 5 rings (SSSR count). The van der Waals surface area contributed by atoms with Gasteiger partial charge in [-0.3, -0.25) is 24.2 Å². The minimum absolute atomic E-state index is 0.0637. The zero-order valence-corrected chi connectivity index (χ0v) is 33.8. The summed E-state index contributed by atoms with van der Waals surface area (Å²) in [5, 5.41) is 21.6. The van der Waals surface area contributed by atoms with Crippen LogP contribution in [0.3, 0.4) is 0 Å². The number of fused-ring (bicyclic) bond motifs is 1. The number of guanidine groups is 1. The molecular formula is C43H54N8O7S. The Morgan fingerprint density at radius 3 is 2.44 bits per heavy atom. The summed E-state index contributed by atoms with van der Waals surface area (Å²) in [4.78, 5) is 70.2. The maximum atomic E-state index is 14.3. The summed E-state index contributed by atoms with van der Waals surface area (Å²) in [6.45, 7) is 1.31. The minimum atomic E-state index is -0.929. The first-order valence-electron chi connectivity index (χ1n) is 19.9. The van der Waals surface area contributed by atoms with Crippen LogP contribution in [0, 0.1) is 0 Å². The zero-order chi connectivity index (χ0) is 42.0. The molecule has 2 heterocycles. The highest BCUT2D eigenvalue weighted by Gasteiger charge is 2.42. The minimum Gasteiger partial charge on any atom is -0.508 e. The number of ether oxygens (including phenoxy) is 1. The van der Waals surface area contributed by atoms with Crippen LogP contribution in [-0.2, 0) is 25.7 Å². The van der Waals surface area contributed by atoms with Crippen LogP contribution in [0.5, 0.6) is 5.75 Å². The zero-order valence-electron chi connectivity index (χ0n) is 33.0. The van der Waals surface area contributed by atoms with Gasteiger partial charge in [0.15, 0.2) is 11.7 Å². The lowest BCUT2D eigenvalue weighted by Gasteiger charge is -2.28. The van der Waals surface area contributed by atoms with Gasteiger partial charge in [0.1, 0.15) is 11.8 Å². The van der Waals surface area contributed by atoms with E-state index in [2.05, 4.69) is 26.3 Å². The van der Waals surface area contributed by atoms with E-state index in [9.17, 15) is 29.1 Å². The summed E-state index contributed by atoms with van der Waals surface area (Å²) in [6, 6.07) is 21.7. The van der Waals surface area contributed by atoms with Crippen LogP contribution in [0.25, 0.3) is 6.08 Å². The number of nitrogens with zero attached hydrogens (tertiary/aromatic N) is 2. The smallest absolute Gasteiger partial charge is 0.315 e. The Bertz CT molecular complexity index is 1920. The lowest BCUT2D eigenvalue weighted by Crippen LogP contribution is -2.49. The molecular weight excluding hydrogens is 773 g/mol. The fraction of sp³-hybridized carbons (Fsp3) is 0.395. The summed E-state index contributed by atoms with van der Waals surface area (Å²) in [7, 11) is 0. The number of nitrogens with two attached hydrogens (primary N) is 2. The van der Waals surface area contributed by atoms with E-state index in [4.69, 9.17) is 16.2 Å². The molecule has 2 saturated heterocycles. The van der Waals surface area contributed by atoms with E-state index >= 15 is 0 Å². The Morgan fingerprint density at radius 1 is 0.949 bits per heavy atom. The van der Waals surface area contributed by atoms with Crippen molar-refractivity contribution in [1.82, 2.24) is 26.2 Å². The molecule has 16 heteroatoms. The van der Waals surface area contributed by atoms with Gasteiger partial charge in [0, 0.05) is 60.8 Å². The van der Waals surface area contributed by atoms with E-state index in [0.29, 0.717) is 41.3 Å². The Hall–Kier alpha value is -5.87. The summed E-state index contributed by atoms with van der Waals surface area (Å²) >= 11 is 1.86. The van der Waals surface area contributed by atoms with E-state index in [-0.39, 0.29) is 86.7 Å². The molecule has 0 bridgehead atoms. The van der Waals surface area contributed by atoms with Gasteiger partial charge in [-0.25, -0.2) is 4.79 Å². The highest BCUT2D eigenvalue weighted by Crippen LogP contribution is 2.33. The number of unbranched alkanes of at least 4 members (excludes halogenated alkanes) is 1. The molecule has 3 aromatic carbocycles. The largest absolute Gasteiger partial charge is 0.508 e. The predicted molar refractivity (Wildman–Crippen MR) is 229 cm³/mol. The first-order valence-corrected chi connectivity index (χ1v) is 20.9. The van der Waals surface area contributed by atoms with Gasteiger partial charge in [-0.2, -0.15) is 11.8 Å². The number of hydrogen-bond donors (Lipinski definition) is 7. The number of urea groups is 1. The molecule has 59 heavy (non-hydrogen) atoms. The number of thioether (sulfide) groups is 1. The topological polar surface area (TPSA) is 231 Å². The normalized spacial score (nSPS) is 17.4. The molecule has 4 atom stereocenters. The lowest BCUT2D eigenvalue weighted by atomic mass is 10.0. The number of rotatable bonds is 23. The monoisotopic (exact) mass is 826 g/mol. The molecule has 0 aromatic heterocycles. The van der Waals surface area contributed by atoms with Crippen molar-refractivity contribution in [2.24, 2.45) is 16.5 Å². The number of aromatic hydroxyl groups is 1. The van der Waals surface area contributed by atoms with E-state index in [1.54, 1.807) is 71.6 Å². The van der Waals surface area contributed by atoms with Gasteiger partial charge in [0.25, 0.3) is 0 Å². The molecule has 314 valence electrons. The standard InChI is InChI=1S/C43H54N8O7S/c44-42(45)47-22-6-9-34(48-38(54)21-16-29-14-19-33(52)20-15-29)41(56)51(27-30-12-17-32(18-13-30)40(55)31-7-2-1-3-8-31)24-26-58-25-23-46-37(53)11-5-4-10-36-39-35(28-59-36)49-43(57)50-39/h1-3,7-8,12-21,34-36,39,52H,4-6,9-11,22-28H2,(H,46,53)(H,48,54)(H4,44,45,47)(H2,49,50,57)/b21-16-/t34-,35-,36-,39-/m0/s1. The molecule has 0 spiro atoms. The van der Waals surface area contributed by atoms with Gasteiger partial charge < -0.3 is 47.5 Å². The van der Waals surface area contributed by atoms with E-state index in [0.717, 1.165) is 30.6 Å². The molecule has 0 radical (unpaired) electrons. The molecule has 2 aliphatic heterocycles. The van der Waals surface area contributed by atoms with Gasteiger partial charge in [0.05, 0.1) is 25.3 Å². The van der Waals surface area contributed by atoms with E-state index in [1.807, 2.05) is 17.8 Å². The summed E-state index contributed by atoms with van der Waals surface area (Å²) < 4.78 is 5.87. The SMILES string of the molecule is NC(N)=NCCC[C@H](NC(=O)/C=C\c1ccc(O)cc1)C(=O)N(CCOCCNC(=O)CCCC[C@@H]1SC[C@@H]2NC(=O)N[C@@H]21)Cc1ccc(C(=O)c2ccccc2)cc1. The molecule has 0 saturated carbocycles. The van der Waals surface area contributed by atoms with Crippen LogP contribution in [0.4, 0.5) is 4.79 Å². The van der Waals surface area contributed by atoms with Gasteiger partial charge in [0.2, 0.25) is 17.7 Å². The molecule has 3 aromatic rings. The van der Waals surface area contributed by atoms with Crippen LogP contribution < -0.4 is 32.7 Å². The van der Waals surface area contributed by atoms with Gasteiger partial charge in [-0.05, 0) is 55.0 Å². The van der Waals surface area contributed by atoms with Crippen molar-refractivity contribution in [3.8, 4) is 5.75 Å². The third-order valence-electron chi connectivity index (χ3n) is 9.97. The molecule has 9 N–H and O–H groups in total. The first kappa shape index (κ1) is 44.2. The van der Waals surface area contributed by atoms with Crippen molar-refractivity contribution < 1.29 is 33.8 Å². The number of ketones is 1. The second kappa shape index (κ2) is 22.9. The number of phenols is 1. The van der Waals surface area contributed by atoms with E-state index in [1.165, 1.54) is 18.2 Å². The molecule has 0 unspecified atom stereocenters. The predicted octanol–water partition coefficient (Wildman–Crippen LogP) is 3.06.